The first kappa shape index (κ1) is 31.6. The van der Waals surface area contributed by atoms with Gasteiger partial charge in [0.25, 0.3) is 0 Å². The summed E-state index contributed by atoms with van der Waals surface area (Å²) in [5, 5.41) is 11.8. The van der Waals surface area contributed by atoms with Crippen LogP contribution in [0.4, 0.5) is 0 Å². The van der Waals surface area contributed by atoms with Crippen molar-refractivity contribution in [3.8, 4) is 67.5 Å². The molecule has 0 bridgehead atoms. The zero-order chi connectivity index (χ0) is 52.9. The van der Waals surface area contributed by atoms with Crippen molar-refractivity contribution in [2.45, 2.75) is 106 Å². The van der Waals surface area contributed by atoms with Gasteiger partial charge in [-0.15, -0.1) is 0 Å². The molecular formula is C58H61N3O. The monoisotopic (exact) mass is 826 g/mol. The number of phenols is 1. The van der Waals surface area contributed by atoms with Crippen molar-refractivity contribution in [1.29, 1.82) is 0 Å². The highest BCUT2D eigenvalue weighted by atomic mass is 16.3. The summed E-state index contributed by atoms with van der Waals surface area (Å²) < 4.78 is 87.5. The number of aromatic hydroxyl groups is 1. The number of hydrogen-bond donors (Lipinski definition) is 1. The summed E-state index contributed by atoms with van der Waals surface area (Å²) in [6.07, 6.45) is 1.53. The molecule has 4 nitrogen and oxygen atoms in total. The number of imidazole rings is 1. The lowest BCUT2D eigenvalue weighted by molar-refractivity contribution is 0.472. The van der Waals surface area contributed by atoms with Gasteiger partial charge in [-0.25, -0.2) is 4.98 Å². The molecule has 0 saturated heterocycles. The molecule has 1 N–H and O–H groups in total. The highest BCUT2D eigenvalue weighted by Gasteiger charge is 2.25. The number of para-hydroxylation sites is 1. The predicted octanol–water partition coefficient (Wildman–Crippen LogP) is 15.6. The number of nitrogens with zero attached hydrogens (tertiary/aromatic N) is 3. The maximum Gasteiger partial charge on any atom is 0.149 e. The van der Waals surface area contributed by atoms with Crippen molar-refractivity contribution in [3.05, 3.63) is 166 Å². The first-order valence-electron chi connectivity index (χ1n) is 26.1. The topological polar surface area (TPSA) is 50.9 Å². The Bertz CT molecular complexity index is 3410. The number of phenolic OH excluding ortho intramolecular Hbond substituents is 1. The number of hydrogen-bond acceptors (Lipinski definition) is 3. The molecule has 0 spiro atoms. The molecule has 0 radical (unpaired) electrons. The Morgan fingerprint density at radius 3 is 1.85 bits per heavy atom. The molecule has 8 aromatic rings. The standard InChI is InChI=1S/C58H61N3O/c1-35-17-19-39(20-18-35)41-23-24-59-50(33-41)44-28-43(31-45(32-44)56(5,6)7)48-15-14-16-52-53(48)60-55(49-26-36(2)25-38(4)54(49)62)61(52)51-22-21-40(27-37(51)3)42-29-46(57(8,9)10)34-47(30-42)58(11,12)13/h14-34,62H,1-13H3/i1D3,3D3,17D,18D,19D,20D. The van der Waals surface area contributed by atoms with Crippen molar-refractivity contribution in [1.82, 2.24) is 14.5 Å². The Balaban J connectivity index is 1.39. The van der Waals surface area contributed by atoms with E-state index in [1.54, 1.807) is 18.2 Å². The summed E-state index contributed by atoms with van der Waals surface area (Å²) in [4.78, 5) is 10.1. The third-order valence-electron chi connectivity index (χ3n) is 11.7. The molecule has 8 rings (SSSR count). The molecule has 4 heteroatoms. The van der Waals surface area contributed by atoms with Gasteiger partial charge in [-0.1, -0.05) is 141 Å². The Labute approximate surface area is 383 Å². The highest BCUT2D eigenvalue weighted by Crippen LogP contribution is 2.42. The van der Waals surface area contributed by atoms with Crippen molar-refractivity contribution in [2.75, 3.05) is 0 Å². The molecule has 0 fully saturated rings. The van der Waals surface area contributed by atoms with E-state index in [0.717, 1.165) is 44.5 Å². The second-order valence-electron chi connectivity index (χ2n) is 19.7. The van der Waals surface area contributed by atoms with Gasteiger partial charge in [-0.3, -0.25) is 9.55 Å². The number of benzene rings is 6. The van der Waals surface area contributed by atoms with Gasteiger partial charge in [0.2, 0.25) is 0 Å². The van der Waals surface area contributed by atoms with E-state index in [1.807, 2.05) is 73.0 Å². The fourth-order valence-electron chi connectivity index (χ4n) is 8.02. The van der Waals surface area contributed by atoms with E-state index in [2.05, 4.69) is 86.6 Å². The molecule has 0 unspecified atom stereocenters. The highest BCUT2D eigenvalue weighted by molar-refractivity contribution is 5.97. The molecule has 0 aliphatic heterocycles. The zero-order valence-corrected chi connectivity index (χ0v) is 37.6. The Morgan fingerprint density at radius 1 is 0.548 bits per heavy atom. The Kier molecular flexibility index (Phi) is 7.93. The number of rotatable bonds is 6. The first-order valence-corrected chi connectivity index (χ1v) is 21.1. The van der Waals surface area contributed by atoms with Gasteiger partial charge < -0.3 is 5.11 Å². The Morgan fingerprint density at radius 2 is 1.19 bits per heavy atom. The van der Waals surface area contributed by atoms with Crippen molar-refractivity contribution >= 4 is 11.0 Å². The van der Waals surface area contributed by atoms with Crippen LogP contribution < -0.4 is 0 Å². The van der Waals surface area contributed by atoms with Crippen LogP contribution in [0.2, 0.25) is 0 Å². The molecule has 0 aliphatic rings. The van der Waals surface area contributed by atoms with Crippen LogP contribution in [0.5, 0.6) is 5.75 Å². The van der Waals surface area contributed by atoms with E-state index in [4.69, 9.17) is 23.7 Å². The van der Waals surface area contributed by atoms with Gasteiger partial charge in [0.05, 0.1) is 33.5 Å². The minimum atomic E-state index is -2.84. The van der Waals surface area contributed by atoms with Crippen molar-refractivity contribution < 1.29 is 18.8 Å². The smallest absolute Gasteiger partial charge is 0.149 e. The molecule has 2 heterocycles. The normalized spacial score (nSPS) is 15.1. The van der Waals surface area contributed by atoms with Gasteiger partial charge >= 0.3 is 0 Å². The van der Waals surface area contributed by atoms with Gasteiger partial charge in [0.15, 0.2) is 0 Å². The molecule has 6 aromatic carbocycles. The second-order valence-corrected chi connectivity index (χ2v) is 19.7. The maximum absolute atomic E-state index is 11.8. The van der Waals surface area contributed by atoms with Crippen LogP contribution in [0, 0.1) is 27.6 Å². The third kappa shape index (κ3) is 8.23. The lowest BCUT2D eigenvalue weighted by Crippen LogP contribution is -2.16. The Hall–Kier alpha value is -6.26. The van der Waals surface area contributed by atoms with E-state index in [-0.39, 0.29) is 33.1 Å². The lowest BCUT2D eigenvalue weighted by Gasteiger charge is -2.26. The average molecular weight is 826 g/mol. The third-order valence-corrected chi connectivity index (χ3v) is 11.7. The molecule has 0 aliphatic carbocycles. The summed E-state index contributed by atoms with van der Waals surface area (Å²) in [5.41, 5.74) is 10.1. The van der Waals surface area contributed by atoms with Crippen LogP contribution in [-0.4, -0.2) is 19.6 Å². The fraction of sp³-hybridized carbons (Fsp3) is 0.276. The van der Waals surface area contributed by atoms with Crippen LogP contribution in [0.3, 0.4) is 0 Å². The molecule has 62 heavy (non-hydrogen) atoms. The van der Waals surface area contributed by atoms with Crippen LogP contribution in [0.15, 0.2) is 127 Å². The van der Waals surface area contributed by atoms with Crippen molar-refractivity contribution in [2.24, 2.45) is 0 Å². The summed E-state index contributed by atoms with van der Waals surface area (Å²) in [6, 6.07) is 28.8. The number of pyridine rings is 1. The summed E-state index contributed by atoms with van der Waals surface area (Å²) >= 11 is 0. The second kappa shape index (κ2) is 15.6. The van der Waals surface area contributed by atoms with Gasteiger partial charge in [0.1, 0.15) is 11.6 Å². The van der Waals surface area contributed by atoms with E-state index in [1.165, 1.54) is 6.20 Å². The van der Waals surface area contributed by atoms with Crippen LogP contribution in [0.25, 0.3) is 72.7 Å². The van der Waals surface area contributed by atoms with E-state index < -0.39 is 43.4 Å². The van der Waals surface area contributed by atoms with Crippen molar-refractivity contribution in [3.63, 3.8) is 0 Å². The lowest BCUT2D eigenvalue weighted by atomic mass is 9.79. The number of fused-ring (bicyclic) bond motifs is 1. The van der Waals surface area contributed by atoms with E-state index in [9.17, 15) is 5.11 Å². The molecule has 0 amide bonds. The first-order chi connectivity index (χ1) is 33.2. The largest absolute Gasteiger partial charge is 0.507 e. The summed E-state index contributed by atoms with van der Waals surface area (Å²) in [6.45, 7) is 17.7. The molecule has 2 aromatic heterocycles. The summed E-state index contributed by atoms with van der Waals surface area (Å²) in [7, 11) is 0. The SMILES string of the molecule is [2H]c1c([2H])c(C([2H])([2H])[2H])c([2H])c([2H])c1-c1ccnc(-c2cc(-c3cccc4c3nc(-c3cc(C)cc(C)c3O)n4-c3ccc(-c4cc(C(C)(C)C)cc(C(C)(C)C)c4)cc3C([2H])([2H])[2H])cc(C(C)(C)C)c2)c1. The molecule has 0 atom stereocenters. The van der Waals surface area contributed by atoms with Crippen LogP contribution in [0.1, 0.15) is 115 Å². The summed E-state index contributed by atoms with van der Waals surface area (Å²) in [5.74, 6) is 0.382. The number of aromatic nitrogens is 3. The molecule has 314 valence electrons. The quantitative estimate of drug-likeness (QED) is 0.182. The van der Waals surface area contributed by atoms with Gasteiger partial charge in [0, 0.05) is 25.5 Å². The molecular weight excluding hydrogens is 755 g/mol. The van der Waals surface area contributed by atoms with E-state index >= 15 is 0 Å². The zero-order valence-electron chi connectivity index (χ0n) is 47.6. The predicted molar refractivity (Wildman–Crippen MR) is 263 cm³/mol. The minimum absolute atomic E-state index is 0.0252. The molecule has 0 saturated carbocycles. The fourth-order valence-corrected chi connectivity index (χ4v) is 8.02. The van der Waals surface area contributed by atoms with Crippen LogP contribution in [-0.2, 0) is 16.2 Å². The van der Waals surface area contributed by atoms with Crippen LogP contribution >= 0.6 is 0 Å². The number of aryl methyl sites for hydroxylation is 3. The maximum atomic E-state index is 11.8. The average Bonchev–Trinajstić information content (AvgIpc) is 3.67. The van der Waals surface area contributed by atoms with Gasteiger partial charge in [-0.05, 0) is 154 Å². The minimum Gasteiger partial charge on any atom is -0.507 e. The van der Waals surface area contributed by atoms with Gasteiger partial charge in [-0.2, -0.15) is 0 Å². The van der Waals surface area contributed by atoms with E-state index in [0.29, 0.717) is 50.5 Å².